The summed E-state index contributed by atoms with van der Waals surface area (Å²) in [6, 6.07) is 0. The minimum atomic E-state index is -0.116. The van der Waals surface area contributed by atoms with Crippen molar-refractivity contribution in [1.29, 1.82) is 0 Å². The van der Waals surface area contributed by atoms with Crippen molar-refractivity contribution in [2.45, 2.75) is 177 Å². The van der Waals surface area contributed by atoms with E-state index >= 15 is 0 Å². The van der Waals surface area contributed by atoms with Crippen molar-refractivity contribution in [2.75, 3.05) is 0 Å². The van der Waals surface area contributed by atoms with Crippen LogP contribution in [0.25, 0.3) is 0 Å². The highest BCUT2D eigenvalue weighted by atomic mass is 19.1. The molecule has 0 amide bonds. The molecular formula is C61H100FN7. The van der Waals surface area contributed by atoms with Gasteiger partial charge in [0, 0.05) is 138 Å². The maximum absolute atomic E-state index is 12.6. The normalized spacial score (nSPS) is 10.6. The first kappa shape index (κ1) is 61.9. The van der Waals surface area contributed by atoms with Crippen molar-refractivity contribution in [2.24, 2.45) is 49.3 Å². The average molecular weight is 951 g/mol. The Balaban J connectivity index is 0.000000403. The molecule has 0 fully saturated rings. The first-order valence-electron chi connectivity index (χ1n) is 25.0. The second kappa shape index (κ2) is 26.8. The van der Waals surface area contributed by atoms with E-state index in [-0.39, 0.29) is 5.82 Å². The summed E-state index contributed by atoms with van der Waals surface area (Å²) in [7, 11) is 14.4. The second-order valence-corrected chi connectivity index (χ2v) is 20.9. The van der Waals surface area contributed by atoms with E-state index < -0.39 is 0 Å². The Hall–Kier alpha value is -5.11. The maximum atomic E-state index is 12.6. The summed E-state index contributed by atoms with van der Waals surface area (Å²) in [4.78, 5) is 0. The quantitative estimate of drug-likeness (QED) is 0.169. The zero-order valence-electron chi connectivity index (χ0n) is 49.8. The van der Waals surface area contributed by atoms with E-state index in [2.05, 4.69) is 252 Å². The molecule has 386 valence electrons. The summed E-state index contributed by atoms with van der Waals surface area (Å²) in [5.41, 5.74) is 27.2. The molecule has 8 heteroatoms. The summed E-state index contributed by atoms with van der Waals surface area (Å²) in [5, 5.41) is 0. The highest BCUT2D eigenvalue weighted by Gasteiger charge is 2.11. The summed E-state index contributed by atoms with van der Waals surface area (Å²) >= 11 is 0. The van der Waals surface area contributed by atoms with Crippen LogP contribution in [0, 0.1) is 124 Å². The van der Waals surface area contributed by atoms with Crippen molar-refractivity contribution in [1.82, 2.24) is 32.0 Å². The van der Waals surface area contributed by atoms with Gasteiger partial charge in [0.05, 0.1) is 0 Å². The number of nitrogens with zero attached hydrogens (tertiary/aromatic N) is 7. The third kappa shape index (κ3) is 16.5. The van der Waals surface area contributed by atoms with E-state index in [0.29, 0.717) is 17.8 Å². The highest BCUT2D eigenvalue weighted by Crippen LogP contribution is 2.24. The van der Waals surface area contributed by atoms with Gasteiger partial charge in [0.1, 0.15) is 5.82 Å². The highest BCUT2D eigenvalue weighted by molar-refractivity contribution is 5.34. The van der Waals surface area contributed by atoms with Crippen molar-refractivity contribution in [3.05, 3.63) is 161 Å². The number of halogens is 1. The van der Waals surface area contributed by atoms with Crippen LogP contribution in [0.4, 0.5) is 4.39 Å². The Labute approximate surface area is 422 Å². The maximum Gasteiger partial charge on any atom is 0.143 e. The van der Waals surface area contributed by atoms with Crippen LogP contribution in [0.3, 0.4) is 0 Å². The van der Waals surface area contributed by atoms with Gasteiger partial charge in [-0.1, -0.05) is 41.5 Å². The Morgan fingerprint density at radius 1 is 0.275 bits per heavy atom. The number of aryl methyl sites for hydroxylation is 11. The predicted octanol–water partition coefficient (Wildman–Crippen LogP) is 15.9. The van der Waals surface area contributed by atoms with E-state index in [1.807, 2.05) is 14.0 Å². The molecule has 0 bridgehead atoms. The molecular weight excluding hydrogens is 850 g/mol. The lowest BCUT2D eigenvalue weighted by Crippen LogP contribution is -1.98. The molecule has 7 aromatic rings. The molecule has 0 atom stereocenters. The monoisotopic (exact) mass is 950 g/mol. The molecule has 7 rings (SSSR count). The lowest BCUT2D eigenvalue weighted by Gasteiger charge is -2.08. The van der Waals surface area contributed by atoms with Crippen LogP contribution in [0.5, 0.6) is 0 Å². The van der Waals surface area contributed by atoms with Gasteiger partial charge in [0.15, 0.2) is 0 Å². The van der Waals surface area contributed by atoms with Gasteiger partial charge >= 0.3 is 0 Å². The van der Waals surface area contributed by atoms with E-state index in [1.54, 1.807) is 11.5 Å². The van der Waals surface area contributed by atoms with Crippen LogP contribution in [0.1, 0.15) is 171 Å². The van der Waals surface area contributed by atoms with Gasteiger partial charge in [-0.3, -0.25) is 0 Å². The molecule has 0 aromatic carbocycles. The lowest BCUT2D eigenvalue weighted by atomic mass is 10.0. The van der Waals surface area contributed by atoms with Crippen molar-refractivity contribution in [3.63, 3.8) is 0 Å². The van der Waals surface area contributed by atoms with Crippen LogP contribution in [0.2, 0.25) is 0 Å². The van der Waals surface area contributed by atoms with Crippen LogP contribution >= 0.6 is 0 Å². The molecule has 7 aromatic heterocycles. The molecule has 0 saturated heterocycles. The molecule has 0 N–H and O–H groups in total. The predicted molar refractivity (Wildman–Crippen MR) is 301 cm³/mol. The molecule has 0 unspecified atom stereocenters. The molecule has 69 heavy (non-hydrogen) atoms. The minimum absolute atomic E-state index is 0.116. The zero-order chi connectivity index (χ0) is 53.8. The topological polar surface area (TPSA) is 34.5 Å². The lowest BCUT2D eigenvalue weighted by molar-refractivity contribution is 0.617. The van der Waals surface area contributed by atoms with E-state index in [0.717, 1.165) is 11.3 Å². The molecule has 0 radical (unpaired) electrons. The van der Waals surface area contributed by atoms with Crippen molar-refractivity contribution >= 4 is 0 Å². The van der Waals surface area contributed by atoms with Gasteiger partial charge in [-0.15, -0.1) is 0 Å². The van der Waals surface area contributed by atoms with Gasteiger partial charge < -0.3 is 32.0 Å². The van der Waals surface area contributed by atoms with Crippen LogP contribution in [0.15, 0.2) is 43.4 Å². The van der Waals surface area contributed by atoms with Gasteiger partial charge in [-0.05, 0) is 202 Å². The Bertz CT molecular complexity index is 2350. The van der Waals surface area contributed by atoms with Crippen molar-refractivity contribution < 1.29 is 4.39 Å². The van der Waals surface area contributed by atoms with Crippen LogP contribution in [-0.2, 0) is 49.3 Å². The minimum Gasteiger partial charge on any atom is -0.354 e. The third-order valence-electron chi connectivity index (χ3n) is 15.1. The fourth-order valence-corrected chi connectivity index (χ4v) is 8.58. The zero-order valence-corrected chi connectivity index (χ0v) is 49.8. The Kier molecular flexibility index (Phi) is 24.0. The summed E-state index contributed by atoms with van der Waals surface area (Å²) in [6.07, 6.45) is 14.6. The first-order valence-corrected chi connectivity index (χ1v) is 25.0. The largest absolute Gasteiger partial charge is 0.354 e. The summed E-state index contributed by atoms with van der Waals surface area (Å²) in [6.45, 7) is 49.5. The summed E-state index contributed by atoms with van der Waals surface area (Å²) < 4.78 is 27.5. The summed E-state index contributed by atoms with van der Waals surface area (Å²) in [5.74, 6) is 1.81. The number of aromatic nitrogens is 7. The van der Waals surface area contributed by atoms with Crippen LogP contribution in [-0.4, -0.2) is 32.0 Å². The second-order valence-electron chi connectivity index (χ2n) is 20.9. The average Bonchev–Trinajstić information content (AvgIpc) is 4.04. The van der Waals surface area contributed by atoms with E-state index in [4.69, 9.17) is 0 Å². The molecule has 0 saturated carbocycles. The fourth-order valence-electron chi connectivity index (χ4n) is 8.58. The molecule has 7 heterocycles. The number of rotatable bonds is 3. The standard InChI is InChI=1S/3C10H17N.3C8H13N.C7H10FN/c2*1-7(2)10-6-11(5)9(4)8(10)3;1-7(2)10-9(4)8(3)6-11(10)5;3*1-6-5-9(4)8(3)7(6)2;1-5-6(2)9(3)4-7(5)8/h3*6-7H,1-5H3;3*5H,1-4H3;4H,1-3H3. The van der Waals surface area contributed by atoms with E-state index in [9.17, 15) is 4.39 Å². The van der Waals surface area contributed by atoms with Gasteiger partial charge in [-0.2, -0.15) is 0 Å². The fraction of sp³-hybridized carbons (Fsp3) is 0.541. The first-order chi connectivity index (χ1) is 31.6. The third-order valence-corrected chi connectivity index (χ3v) is 15.1. The molecule has 0 spiro atoms. The van der Waals surface area contributed by atoms with Gasteiger partial charge in [0.2, 0.25) is 0 Å². The van der Waals surface area contributed by atoms with Gasteiger partial charge in [0.25, 0.3) is 0 Å². The number of hydrogen-bond donors (Lipinski definition) is 0. The van der Waals surface area contributed by atoms with Crippen LogP contribution < -0.4 is 0 Å². The SMILES string of the molecule is Cc1c(C(C)C)cn(C)c1C.Cc1c(C(C)C)cn(C)c1C.Cc1c(F)cn(C)c1C.Cc1cn(C)c(C(C)C)c1C.Cc1cn(C)c(C)c1C.Cc1cn(C)c(C)c1C.Cc1cn(C)c(C)c1C. The smallest absolute Gasteiger partial charge is 0.143 e. The Morgan fingerprint density at radius 3 is 0.594 bits per heavy atom. The van der Waals surface area contributed by atoms with Gasteiger partial charge in [-0.25, -0.2) is 4.39 Å². The van der Waals surface area contributed by atoms with Crippen molar-refractivity contribution in [3.8, 4) is 0 Å². The van der Waals surface area contributed by atoms with E-state index in [1.165, 1.54) is 107 Å². The Morgan fingerprint density at radius 2 is 0.507 bits per heavy atom. The molecule has 7 nitrogen and oxygen atoms in total. The molecule has 0 aliphatic heterocycles. The number of hydrogen-bond acceptors (Lipinski definition) is 0. The molecule has 0 aliphatic rings. The molecule has 0 aliphatic carbocycles.